The minimum absolute atomic E-state index is 0.0182. The van der Waals surface area contributed by atoms with Gasteiger partial charge in [-0.25, -0.2) is 18.4 Å². The fraction of sp³-hybridized carbons (Fsp3) is 0.462. The predicted octanol–water partition coefficient (Wildman–Crippen LogP) is 0.912. The highest BCUT2D eigenvalue weighted by Crippen LogP contribution is 2.31. The Hall–Kier alpha value is -1.60. The Balaban J connectivity index is 1.89. The molecule has 20 heavy (non-hydrogen) atoms. The highest BCUT2D eigenvalue weighted by Gasteiger charge is 2.30. The van der Waals surface area contributed by atoms with Gasteiger partial charge >= 0.3 is 6.03 Å². The molecule has 2 N–H and O–H groups in total. The van der Waals surface area contributed by atoms with Gasteiger partial charge in [0.15, 0.2) is 0 Å². The van der Waals surface area contributed by atoms with E-state index in [1.165, 1.54) is 6.07 Å². The molecule has 0 atom stereocenters. The number of urea groups is 1. The van der Waals surface area contributed by atoms with Gasteiger partial charge in [0.25, 0.3) is 0 Å². The largest absolute Gasteiger partial charge is 0.324 e. The van der Waals surface area contributed by atoms with Gasteiger partial charge in [0.1, 0.15) is 0 Å². The number of nitrogens with zero attached hydrogens (tertiary/aromatic N) is 2. The van der Waals surface area contributed by atoms with Crippen LogP contribution < -0.4 is 10.0 Å². The molecule has 2 heterocycles. The van der Waals surface area contributed by atoms with Gasteiger partial charge in [0.2, 0.25) is 10.0 Å². The minimum atomic E-state index is -3.69. The third-order valence-electron chi connectivity index (χ3n) is 3.88. The number of carbonyl (C=O) groups excluding carboxylic acids is 1. The summed E-state index contributed by atoms with van der Waals surface area (Å²) in [6.07, 6.45) is 2.77. The Morgan fingerprint density at radius 1 is 1.15 bits per heavy atom. The first-order valence-corrected chi connectivity index (χ1v) is 8.23. The molecule has 7 heteroatoms. The SMILES string of the molecule is NS(=O)(=O)c1ccc2c(c1)CCN2C(=O)N1CCCC1. The number of likely N-dealkylation sites (tertiary alicyclic amines) is 1. The maximum Gasteiger partial charge on any atom is 0.324 e. The maximum absolute atomic E-state index is 12.4. The summed E-state index contributed by atoms with van der Waals surface area (Å²) in [6, 6.07) is 4.73. The zero-order valence-corrected chi connectivity index (χ0v) is 11.9. The molecule has 2 aliphatic heterocycles. The minimum Gasteiger partial charge on any atom is -0.324 e. The van der Waals surface area contributed by atoms with Gasteiger partial charge in [0.05, 0.1) is 4.90 Å². The Labute approximate surface area is 118 Å². The van der Waals surface area contributed by atoms with Crippen molar-refractivity contribution in [3.8, 4) is 0 Å². The zero-order valence-electron chi connectivity index (χ0n) is 11.1. The lowest BCUT2D eigenvalue weighted by Gasteiger charge is -2.24. The van der Waals surface area contributed by atoms with Crippen LogP contribution in [0.25, 0.3) is 0 Å². The molecule has 0 saturated carbocycles. The smallest absolute Gasteiger partial charge is 0.324 e. The number of primary sulfonamides is 1. The average Bonchev–Trinajstić information content (AvgIpc) is 3.06. The van der Waals surface area contributed by atoms with Crippen LogP contribution in [0.1, 0.15) is 18.4 Å². The van der Waals surface area contributed by atoms with Crippen LogP contribution in [0.2, 0.25) is 0 Å². The van der Waals surface area contributed by atoms with Crippen molar-refractivity contribution in [2.24, 2.45) is 5.14 Å². The van der Waals surface area contributed by atoms with Crippen LogP contribution in [0.5, 0.6) is 0 Å². The molecular formula is C13H17N3O3S. The van der Waals surface area contributed by atoms with Crippen molar-refractivity contribution >= 4 is 21.7 Å². The molecule has 2 aliphatic rings. The second-order valence-corrected chi connectivity index (χ2v) is 6.78. The molecule has 0 aromatic heterocycles. The van der Waals surface area contributed by atoms with E-state index >= 15 is 0 Å². The van der Waals surface area contributed by atoms with Gasteiger partial charge in [-0.15, -0.1) is 0 Å². The molecule has 6 nitrogen and oxygen atoms in total. The molecule has 108 valence electrons. The van der Waals surface area contributed by atoms with Crippen molar-refractivity contribution in [2.75, 3.05) is 24.5 Å². The molecule has 0 bridgehead atoms. The van der Waals surface area contributed by atoms with Crippen molar-refractivity contribution in [3.05, 3.63) is 23.8 Å². The maximum atomic E-state index is 12.4. The summed E-state index contributed by atoms with van der Waals surface area (Å²) in [5.41, 5.74) is 1.67. The van der Waals surface area contributed by atoms with Gasteiger partial charge < -0.3 is 4.90 Å². The van der Waals surface area contributed by atoms with E-state index < -0.39 is 10.0 Å². The number of anilines is 1. The number of sulfonamides is 1. The first-order valence-electron chi connectivity index (χ1n) is 6.69. The molecule has 1 aromatic rings. The van der Waals surface area contributed by atoms with Gasteiger partial charge in [-0.05, 0) is 43.0 Å². The van der Waals surface area contributed by atoms with Crippen LogP contribution in [0.15, 0.2) is 23.1 Å². The number of hydrogen-bond acceptors (Lipinski definition) is 3. The van der Waals surface area contributed by atoms with Crippen molar-refractivity contribution in [1.82, 2.24) is 4.90 Å². The van der Waals surface area contributed by atoms with E-state index in [0.29, 0.717) is 13.0 Å². The number of fused-ring (bicyclic) bond motifs is 1. The zero-order chi connectivity index (χ0) is 14.3. The summed E-state index contributed by atoms with van der Waals surface area (Å²) >= 11 is 0. The fourth-order valence-corrected chi connectivity index (χ4v) is 3.40. The normalized spacial score (nSPS) is 18.4. The molecule has 2 amide bonds. The first-order chi connectivity index (χ1) is 9.47. The Morgan fingerprint density at radius 3 is 2.50 bits per heavy atom. The molecule has 0 spiro atoms. The third-order valence-corrected chi connectivity index (χ3v) is 4.79. The molecule has 0 radical (unpaired) electrons. The van der Waals surface area contributed by atoms with Crippen molar-refractivity contribution < 1.29 is 13.2 Å². The van der Waals surface area contributed by atoms with E-state index in [0.717, 1.165) is 37.2 Å². The molecule has 0 unspecified atom stereocenters. The highest BCUT2D eigenvalue weighted by atomic mass is 32.2. The Morgan fingerprint density at radius 2 is 1.85 bits per heavy atom. The number of nitrogens with two attached hydrogens (primary N) is 1. The quantitative estimate of drug-likeness (QED) is 0.836. The number of hydrogen-bond donors (Lipinski definition) is 1. The van der Waals surface area contributed by atoms with Crippen LogP contribution in [0.4, 0.5) is 10.5 Å². The molecule has 1 fully saturated rings. The number of rotatable bonds is 1. The Kier molecular flexibility index (Phi) is 3.18. The third kappa shape index (κ3) is 2.27. The molecule has 0 aliphatic carbocycles. The standard InChI is InChI=1S/C13H17N3O3S/c14-20(18,19)11-3-4-12-10(9-11)5-8-16(12)13(17)15-6-1-2-7-15/h3-4,9H,1-2,5-8H2,(H2,14,18,19). The van der Waals surface area contributed by atoms with Gasteiger partial charge in [0, 0.05) is 25.3 Å². The van der Waals surface area contributed by atoms with Crippen LogP contribution in [0.3, 0.4) is 0 Å². The Bertz CT molecular complexity index is 651. The number of benzene rings is 1. The first kappa shape index (κ1) is 13.4. The lowest BCUT2D eigenvalue weighted by molar-refractivity contribution is 0.216. The van der Waals surface area contributed by atoms with Crippen LogP contribution in [-0.4, -0.2) is 39.0 Å². The summed E-state index contributed by atoms with van der Waals surface area (Å²) in [5.74, 6) is 0. The summed E-state index contributed by atoms with van der Waals surface area (Å²) in [6.45, 7) is 2.21. The van der Waals surface area contributed by atoms with E-state index in [2.05, 4.69) is 0 Å². The summed E-state index contributed by atoms with van der Waals surface area (Å²) < 4.78 is 22.7. The summed E-state index contributed by atoms with van der Waals surface area (Å²) in [7, 11) is -3.69. The van der Waals surface area contributed by atoms with Crippen molar-refractivity contribution in [1.29, 1.82) is 0 Å². The topological polar surface area (TPSA) is 83.7 Å². The molecule has 1 aromatic carbocycles. The second kappa shape index (κ2) is 4.75. The highest BCUT2D eigenvalue weighted by molar-refractivity contribution is 7.89. The second-order valence-electron chi connectivity index (χ2n) is 5.21. The summed E-state index contributed by atoms with van der Waals surface area (Å²) in [5, 5.41) is 5.13. The molecular weight excluding hydrogens is 278 g/mol. The molecule has 1 saturated heterocycles. The number of carbonyl (C=O) groups is 1. The average molecular weight is 295 g/mol. The predicted molar refractivity (Wildman–Crippen MR) is 75.1 cm³/mol. The van der Waals surface area contributed by atoms with Gasteiger partial charge in [-0.1, -0.05) is 0 Å². The lowest BCUT2D eigenvalue weighted by atomic mass is 10.2. The molecule has 3 rings (SSSR count). The van der Waals surface area contributed by atoms with E-state index in [-0.39, 0.29) is 10.9 Å². The fourth-order valence-electron chi connectivity index (χ4n) is 2.83. The van der Waals surface area contributed by atoms with Crippen LogP contribution in [-0.2, 0) is 16.4 Å². The van der Waals surface area contributed by atoms with E-state index in [4.69, 9.17) is 5.14 Å². The lowest BCUT2D eigenvalue weighted by Crippen LogP contribution is -2.40. The number of amides is 2. The van der Waals surface area contributed by atoms with Gasteiger partial charge in [-0.2, -0.15) is 0 Å². The van der Waals surface area contributed by atoms with Gasteiger partial charge in [-0.3, -0.25) is 4.90 Å². The summed E-state index contributed by atoms with van der Waals surface area (Å²) in [4.78, 5) is 16.1. The van der Waals surface area contributed by atoms with E-state index in [9.17, 15) is 13.2 Å². The van der Waals surface area contributed by atoms with E-state index in [1.54, 1.807) is 17.0 Å². The van der Waals surface area contributed by atoms with Crippen LogP contribution >= 0.6 is 0 Å². The van der Waals surface area contributed by atoms with Crippen molar-refractivity contribution in [3.63, 3.8) is 0 Å². The van der Waals surface area contributed by atoms with Crippen molar-refractivity contribution in [2.45, 2.75) is 24.2 Å². The van der Waals surface area contributed by atoms with E-state index in [1.807, 2.05) is 4.90 Å². The monoisotopic (exact) mass is 295 g/mol. The van der Waals surface area contributed by atoms with Crippen LogP contribution in [0, 0.1) is 0 Å².